The van der Waals surface area contributed by atoms with Crippen LogP contribution in [0.5, 0.6) is 11.5 Å². The topological polar surface area (TPSA) is 74.9 Å². The van der Waals surface area contributed by atoms with Crippen molar-refractivity contribution in [3.05, 3.63) is 59.3 Å². The van der Waals surface area contributed by atoms with Crippen LogP contribution in [0.4, 0.5) is 0 Å². The molecule has 2 amide bonds. The largest absolute Gasteiger partial charge is 0.493 e. The molecule has 1 saturated heterocycles. The summed E-state index contributed by atoms with van der Waals surface area (Å²) in [6.45, 7) is 8.77. The van der Waals surface area contributed by atoms with Gasteiger partial charge in [-0.3, -0.25) is 9.59 Å². The zero-order valence-corrected chi connectivity index (χ0v) is 20.3. The van der Waals surface area contributed by atoms with Crippen LogP contribution in [0.2, 0.25) is 0 Å². The second kappa shape index (κ2) is 8.08. The Kier molecular flexibility index (Phi) is 5.30. The molecule has 2 aliphatic heterocycles. The van der Waals surface area contributed by atoms with Crippen molar-refractivity contribution in [3.8, 4) is 11.5 Å². The van der Waals surface area contributed by atoms with E-state index in [2.05, 4.69) is 11.1 Å². The minimum Gasteiger partial charge on any atom is -0.493 e. The van der Waals surface area contributed by atoms with Gasteiger partial charge in [-0.05, 0) is 57.0 Å². The molecule has 0 unspecified atom stereocenters. The van der Waals surface area contributed by atoms with E-state index in [1.807, 2.05) is 64.1 Å². The first-order valence-corrected chi connectivity index (χ1v) is 11.8. The highest BCUT2D eigenvalue weighted by Gasteiger charge is 2.55. The molecule has 2 atom stereocenters. The van der Waals surface area contributed by atoms with Gasteiger partial charge in [0.2, 0.25) is 5.91 Å². The number of benzene rings is 2. The fourth-order valence-electron chi connectivity index (χ4n) is 5.48. The Morgan fingerprint density at radius 1 is 1.15 bits per heavy atom. The number of hydrogen-bond donors (Lipinski definition) is 1. The molecule has 0 saturated carbocycles. The number of hydrogen-bond acceptors (Lipinski definition) is 4. The van der Waals surface area contributed by atoms with E-state index in [-0.39, 0.29) is 30.4 Å². The molecule has 7 heteroatoms. The van der Waals surface area contributed by atoms with Crippen LogP contribution in [-0.4, -0.2) is 59.4 Å². The van der Waals surface area contributed by atoms with Crippen LogP contribution >= 0.6 is 0 Å². The van der Waals surface area contributed by atoms with E-state index in [9.17, 15) is 9.59 Å². The molecular weight excluding hydrogens is 430 g/mol. The van der Waals surface area contributed by atoms with Crippen LogP contribution < -0.4 is 9.47 Å². The summed E-state index contributed by atoms with van der Waals surface area (Å²) in [5, 5.41) is 1.07. The number of piperazine rings is 1. The lowest BCUT2D eigenvalue weighted by Gasteiger charge is -2.51. The zero-order valence-electron chi connectivity index (χ0n) is 20.3. The third-order valence-electron chi connectivity index (χ3n) is 7.15. The number of likely N-dealkylation sites (N-methyl/N-ethyl adjacent to an activating group) is 1. The molecule has 3 heterocycles. The predicted octanol–water partition coefficient (Wildman–Crippen LogP) is 4.02. The van der Waals surface area contributed by atoms with Gasteiger partial charge in [-0.1, -0.05) is 24.3 Å². The van der Waals surface area contributed by atoms with Crippen LogP contribution in [0.15, 0.2) is 42.5 Å². The van der Waals surface area contributed by atoms with Gasteiger partial charge in [-0.25, -0.2) is 0 Å². The van der Waals surface area contributed by atoms with Crippen molar-refractivity contribution < 1.29 is 19.1 Å². The van der Waals surface area contributed by atoms with E-state index in [4.69, 9.17) is 9.47 Å². The molecule has 0 radical (unpaired) electrons. The number of carbonyl (C=O) groups is 2. The summed E-state index contributed by atoms with van der Waals surface area (Å²) >= 11 is 0. The fourth-order valence-corrected chi connectivity index (χ4v) is 5.48. The van der Waals surface area contributed by atoms with Crippen LogP contribution in [0.25, 0.3) is 10.9 Å². The Morgan fingerprint density at radius 3 is 2.62 bits per heavy atom. The maximum Gasteiger partial charge on any atom is 0.254 e. The maximum absolute atomic E-state index is 13.7. The first kappa shape index (κ1) is 22.3. The van der Waals surface area contributed by atoms with Crippen LogP contribution in [0.3, 0.4) is 0 Å². The number of H-pyrrole nitrogens is 1. The van der Waals surface area contributed by atoms with Crippen molar-refractivity contribution in [1.82, 2.24) is 14.8 Å². The molecule has 1 fully saturated rings. The molecule has 1 aromatic heterocycles. The fraction of sp³-hybridized carbons (Fsp3) is 0.407. The van der Waals surface area contributed by atoms with E-state index in [0.29, 0.717) is 24.6 Å². The predicted molar refractivity (Wildman–Crippen MR) is 130 cm³/mol. The molecule has 0 aliphatic carbocycles. The Bertz CT molecular complexity index is 1280. The molecule has 0 spiro atoms. The van der Waals surface area contributed by atoms with E-state index in [0.717, 1.165) is 27.7 Å². The molecule has 2 aliphatic rings. The van der Waals surface area contributed by atoms with Gasteiger partial charge in [-0.15, -0.1) is 0 Å². The van der Waals surface area contributed by atoms with Gasteiger partial charge in [0.25, 0.3) is 5.91 Å². The Morgan fingerprint density at radius 2 is 1.91 bits per heavy atom. The highest BCUT2D eigenvalue weighted by Crippen LogP contribution is 2.48. The summed E-state index contributed by atoms with van der Waals surface area (Å²) in [5.74, 6) is 1.14. The number of ether oxygens (including phenoxy) is 2. The van der Waals surface area contributed by atoms with Gasteiger partial charge >= 0.3 is 0 Å². The van der Waals surface area contributed by atoms with Crippen molar-refractivity contribution in [2.75, 3.05) is 26.7 Å². The molecule has 1 N–H and O–H groups in total. The molecule has 0 bridgehead atoms. The lowest BCUT2D eigenvalue weighted by molar-refractivity contribution is -0.166. The molecular formula is C27H31N3O4. The van der Waals surface area contributed by atoms with Crippen molar-refractivity contribution in [3.63, 3.8) is 0 Å². The van der Waals surface area contributed by atoms with Crippen molar-refractivity contribution in [1.29, 1.82) is 0 Å². The number of nitrogens with zero attached hydrogens (tertiary/aromatic N) is 2. The number of fused-ring (bicyclic) bond motifs is 5. The first-order chi connectivity index (χ1) is 16.3. The SMILES string of the molecule is CCN1CC(=O)N2C[C@H](c3ccc(OC(C)C)c(OC)c3)c3c([nH]c4ccccc34)[C@@]2(C)C1=O. The quantitative estimate of drug-likeness (QED) is 0.623. The number of nitrogens with one attached hydrogen (secondary N) is 1. The Balaban J connectivity index is 1.72. The molecule has 178 valence electrons. The summed E-state index contributed by atoms with van der Waals surface area (Å²) in [6.07, 6.45) is 0.0221. The van der Waals surface area contributed by atoms with E-state index in [1.165, 1.54) is 0 Å². The lowest BCUT2D eigenvalue weighted by atomic mass is 9.76. The summed E-state index contributed by atoms with van der Waals surface area (Å²) in [4.78, 5) is 33.9. The molecule has 34 heavy (non-hydrogen) atoms. The average Bonchev–Trinajstić information content (AvgIpc) is 3.22. The second-order valence-corrected chi connectivity index (χ2v) is 9.48. The van der Waals surface area contributed by atoms with Crippen LogP contribution in [-0.2, 0) is 15.1 Å². The highest BCUT2D eigenvalue weighted by molar-refractivity contribution is 6.01. The molecule has 7 nitrogen and oxygen atoms in total. The Hall–Kier alpha value is -3.48. The number of rotatable bonds is 5. The van der Waals surface area contributed by atoms with E-state index >= 15 is 0 Å². The number of aromatic nitrogens is 1. The standard InChI is InChI=1S/C27H31N3O4/c1-6-29-15-23(31)30-14-19(17-11-12-21(34-16(2)3)22(13-17)33-5)24-18-9-7-8-10-20(18)28-25(24)27(30,4)26(29)32/h7-13,16,19,28H,6,14-15H2,1-5H3/t19-,27+/m1/s1. The first-order valence-electron chi connectivity index (χ1n) is 11.8. The number of methoxy groups -OCH3 is 1. The summed E-state index contributed by atoms with van der Waals surface area (Å²) in [6, 6.07) is 14.0. The van der Waals surface area contributed by atoms with Gasteiger partial charge in [-0.2, -0.15) is 0 Å². The van der Waals surface area contributed by atoms with Crippen molar-refractivity contribution in [2.24, 2.45) is 0 Å². The van der Waals surface area contributed by atoms with Gasteiger partial charge in [0, 0.05) is 29.9 Å². The highest BCUT2D eigenvalue weighted by atomic mass is 16.5. The zero-order chi connectivity index (χ0) is 24.2. The number of carbonyl (C=O) groups excluding carboxylic acids is 2. The minimum atomic E-state index is -1.07. The van der Waals surface area contributed by atoms with Crippen molar-refractivity contribution >= 4 is 22.7 Å². The number of para-hydroxylation sites is 1. The summed E-state index contributed by atoms with van der Waals surface area (Å²) < 4.78 is 11.6. The molecule has 2 aromatic carbocycles. The molecule has 5 rings (SSSR count). The third-order valence-corrected chi connectivity index (χ3v) is 7.15. The Labute approximate surface area is 199 Å². The smallest absolute Gasteiger partial charge is 0.254 e. The number of aromatic amines is 1. The monoisotopic (exact) mass is 461 g/mol. The minimum absolute atomic E-state index is 0.0221. The van der Waals surface area contributed by atoms with Gasteiger partial charge in [0.1, 0.15) is 0 Å². The van der Waals surface area contributed by atoms with Gasteiger partial charge in [0.05, 0.1) is 25.5 Å². The third kappa shape index (κ3) is 3.17. The van der Waals surface area contributed by atoms with Gasteiger partial charge in [0.15, 0.2) is 17.0 Å². The van der Waals surface area contributed by atoms with E-state index < -0.39 is 5.54 Å². The second-order valence-electron chi connectivity index (χ2n) is 9.48. The van der Waals surface area contributed by atoms with Crippen molar-refractivity contribution in [2.45, 2.75) is 45.3 Å². The molecule has 3 aromatic rings. The lowest BCUT2D eigenvalue weighted by Crippen LogP contribution is -2.67. The van der Waals surface area contributed by atoms with Gasteiger partial charge < -0.3 is 24.3 Å². The normalized spacial score (nSPS) is 22.2. The van der Waals surface area contributed by atoms with Crippen LogP contribution in [0, 0.1) is 0 Å². The summed E-state index contributed by atoms with van der Waals surface area (Å²) in [5.41, 5.74) is 2.76. The maximum atomic E-state index is 13.7. The number of amides is 2. The van der Waals surface area contributed by atoms with Crippen LogP contribution in [0.1, 0.15) is 50.4 Å². The van der Waals surface area contributed by atoms with E-state index in [1.54, 1.807) is 16.9 Å². The average molecular weight is 462 g/mol. The summed E-state index contributed by atoms with van der Waals surface area (Å²) in [7, 11) is 1.63.